The van der Waals surface area contributed by atoms with E-state index in [4.69, 9.17) is 0 Å². The van der Waals surface area contributed by atoms with Crippen LogP contribution in [0.3, 0.4) is 0 Å². The van der Waals surface area contributed by atoms with Crippen LogP contribution < -0.4 is 5.32 Å². The molecule has 19 heavy (non-hydrogen) atoms. The second kappa shape index (κ2) is 5.93. The first-order valence-electron chi connectivity index (χ1n) is 6.71. The van der Waals surface area contributed by atoms with E-state index in [0.717, 1.165) is 17.9 Å². The van der Waals surface area contributed by atoms with Crippen molar-refractivity contribution in [3.05, 3.63) is 58.7 Å². The summed E-state index contributed by atoms with van der Waals surface area (Å²) < 4.78 is 0. The molecular formula is C16H21N3. The van der Waals surface area contributed by atoms with Crippen LogP contribution in [-0.4, -0.2) is 16.5 Å². The summed E-state index contributed by atoms with van der Waals surface area (Å²) >= 11 is 0. The number of aryl methyl sites for hydroxylation is 3. The molecule has 0 saturated carbocycles. The number of aromatic nitrogens is 2. The van der Waals surface area contributed by atoms with E-state index in [1.165, 1.54) is 16.7 Å². The number of hydrogen-bond donors (Lipinski definition) is 1. The molecule has 2 aromatic rings. The van der Waals surface area contributed by atoms with Crippen molar-refractivity contribution in [2.24, 2.45) is 0 Å². The van der Waals surface area contributed by atoms with Crippen LogP contribution in [0, 0.1) is 20.8 Å². The third-order valence-electron chi connectivity index (χ3n) is 3.37. The minimum absolute atomic E-state index is 0.109. The van der Waals surface area contributed by atoms with Crippen LogP contribution >= 0.6 is 0 Å². The van der Waals surface area contributed by atoms with Crippen LogP contribution in [0.2, 0.25) is 0 Å². The van der Waals surface area contributed by atoms with E-state index in [0.29, 0.717) is 0 Å². The second-order valence-electron chi connectivity index (χ2n) is 4.92. The van der Waals surface area contributed by atoms with Gasteiger partial charge in [-0.25, -0.2) is 0 Å². The quantitative estimate of drug-likeness (QED) is 0.912. The van der Waals surface area contributed by atoms with Crippen LogP contribution in [-0.2, 0) is 0 Å². The van der Waals surface area contributed by atoms with Gasteiger partial charge in [-0.05, 0) is 44.0 Å². The predicted octanol–water partition coefficient (Wildman–Crippen LogP) is 3.10. The summed E-state index contributed by atoms with van der Waals surface area (Å²) in [5.41, 5.74) is 5.77. The van der Waals surface area contributed by atoms with Crippen LogP contribution in [0.1, 0.15) is 41.0 Å². The lowest BCUT2D eigenvalue weighted by atomic mass is 9.99. The summed E-state index contributed by atoms with van der Waals surface area (Å²) in [6.07, 6.45) is 3.68. The zero-order valence-electron chi connectivity index (χ0n) is 12.1. The largest absolute Gasteiger partial charge is 0.305 e. The highest BCUT2D eigenvalue weighted by molar-refractivity contribution is 5.34. The standard InChI is InChI=1S/C16H21N3/c1-5-17-16(15-10-18-13(4)9-19-15)14-7-6-11(2)12(3)8-14/h6-10,16-17H,5H2,1-4H3. The maximum absolute atomic E-state index is 4.50. The summed E-state index contributed by atoms with van der Waals surface area (Å²) in [5, 5.41) is 3.48. The van der Waals surface area contributed by atoms with Gasteiger partial charge in [-0.2, -0.15) is 0 Å². The Hall–Kier alpha value is -1.74. The third-order valence-corrected chi connectivity index (χ3v) is 3.37. The maximum Gasteiger partial charge on any atom is 0.0801 e. The molecule has 1 aromatic carbocycles. The summed E-state index contributed by atoms with van der Waals surface area (Å²) in [7, 11) is 0. The number of benzene rings is 1. The Labute approximate surface area is 115 Å². The van der Waals surface area contributed by atoms with Crippen LogP contribution in [0.25, 0.3) is 0 Å². The lowest BCUT2D eigenvalue weighted by Gasteiger charge is -2.18. The number of hydrogen-bond acceptors (Lipinski definition) is 3. The smallest absolute Gasteiger partial charge is 0.0801 e. The molecule has 0 aliphatic rings. The monoisotopic (exact) mass is 255 g/mol. The number of rotatable bonds is 4. The van der Waals surface area contributed by atoms with Crippen LogP contribution in [0.5, 0.6) is 0 Å². The summed E-state index contributed by atoms with van der Waals surface area (Å²) in [6, 6.07) is 6.66. The molecule has 0 radical (unpaired) electrons. The third kappa shape index (κ3) is 3.18. The van der Waals surface area contributed by atoms with Gasteiger partial charge in [0, 0.05) is 6.20 Å². The molecule has 1 atom stereocenters. The van der Waals surface area contributed by atoms with Gasteiger partial charge in [-0.15, -0.1) is 0 Å². The van der Waals surface area contributed by atoms with E-state index >= 15 is 0 Å². The minimum Gasteiger partial charge on any atom is -0.305 e. The Balaban J connectivity index is 2.38. The summed E-state index contributed by atoms with van der Waals surface area (Å²) in [4.78, 5) is 8.85. The van der Waals surface area contributed by atoms with Crippen molar-refractivity contribution in [3.8, 4) is 0 Å². The first-order valence-corrected chi connectivity index (χ1v) is 6.71. The topological polar surface area (TPSA) is 37.8 Å². The summed E-state index contributed by atoms with van der Waals surface area (Å²) in [6.45, 7) is 9.23. The molecular weight excluding hydrogens is 234 g/mol. The molecule has 1 unspecified atom stereocenters. The molecule has 0 aliphatic heterocycles. The average molecular weight is 255 g/mol. The fourth-order valence-corrected chi connectivity index (χ4v) is 2.09. The van der Waals surface area contributed by atoms with Gasteiger partial charge in [0.2, 0.25) is 0 Å². The van der Waals surface area contributed by atoms with Gasteiger partial charge < -0.3 is 5.32 Å². The molecule has 1 N–H and O–H groups in total. The fourth-order valence-electron chi connectivity index (χ4n) is 2.09. The van der Waals surface area contributed by atoms with Crippen LogP contribution in [0.15, 0.2) is 30.6 Å². The second-order valence-corrected chi connectivity index (χ2v) is 4.92. The van der Waals surface area contributed by atoms with Crippen molar-refractivity contribution in [1.82, 2.24) is 15.3 Å². The molecule has 2 rings (SSSR count). The van der Waals surface area contributed by atoms with E-state index in [9.17, 15) is 0 Å². The van der Waals surface area contributed by atoms with Gasteiger partial charge in [0.1, 0.15) is 0 Å². The highest BCUT2D eigenvalue weighted by Gasteiger charge is 2.15. The summed E-state index contributed by atoms with van der Waals surface area (Å²) in [5.74, 6) is 0. The molecule has 0 amide bonds. The highest BCUT2D eigenvalue weighted by atomic mass is 14.9. The molecule has 1 heterocycles. The van der Waals surface area contributed by atoms with Crippen LogP contribution in [0.4, 0.5) is 0 Å². The maximum atomic E-state index is 4.50. The first kappa shape index (κ1) is 13.7. The van der Waals surface area contributed by atoms with Gasteiger partial charge in [-0.1, -0.05) is 25.1 Å². The molecule has 100 valence electrons. The first-order chi connectivity index (χ1) is 9.11. The molecule has 3 heteroatoms. The van der Waals surface area contributed by atoms with Crippen molar-refractivity contribution < 1.29 is 0 Å². The van der Waals surface area contributed by atoms with Gasteiger partial charge in [0.25, 0.3) is 0 Å². The van der Waals surface area contributed by atoms with E-state index in [-0.39, 0.29) is 6.04 Å². The Kier molecular flexibility index (Phi) is 4.27. The molecule has 3 nitrogen and oxygen atoms in total. The normalized spacial score (nSPS) is 12.4. The Morgan fingerprint density at radius 1 is 1.05 bits per heavy atom. The van der Waals surface area contributed by atoms with E-state index in [1.54, 1.807) is 0 Å². The van der Waals surface area contributed by atoms with E-state index < -0.39 is 0 Å². The molecule has 0 bridgehead atoms. The van der Waals surface area contributed by atoms with Gasteiger partial charge >= 0.3 is 0 Å². The molecule has 0 spiro atoms. The molecule has 0 fully saturated rings. The zero-order valence-corrected chi connectivity index (χ0v) is 12.1. The zero-order chi connectivity index (χ0) is 13.8. The van der Waals surface area contributed by atoms with Gasteiger partial charge in [0.15, 0.2) is 0 Å². The van der Waals surface area contributed by atoms with Crippen molar-refractivity contribution in [3.63, 3.8) is 0 Å². The average Bonchev–Trinajstić information content (AvgIpc) is 2.41. The SMILES string of the molecule is CCNC(c1ccc(C)c(C)c1)c1cnc(C)cn1. The van der Waals surface area contributed by atoms with Gasteiger partial charge in [0.05, 0.1) is 23.6 Å². The van der Waals surface area contributed by atoms with E-state index in [2.05, 4.69) is 54.3 Å². The molecule has 0 saturated heterocycles. The van der Waals surface area contributed by atoms with Crippen molar-refractivity contribution in [2.75, 3.05) is 6.54 Å². The lowest BCUT2D eigenvalue weighted by Crippen LogP contribution is -2.23. The van der Waals surface area contributed by atoms with Gasteiger partial charge in [-0.3, -0.25) is 9.97 Å². The van der Waals surface area contributed by atoms with E-state index in [1.807, 2.05) is 19.3 Å². The predicted molar refractivity (Wildman–Crippen MR) is 78.2 cm³/mol. The molecule has 1 aromatic heterocycles. The molecule has 0 aliphatic carbocycles. The fraction of sp³-hybridized carbons (Fsp3) is 0.375. The van der Waals surface area contributed by atoms with Crippen molar-refractivity contribution >= 4 is 0 Å². The number of nitrogens with one attached hydrogen (secondary N) is 1. The number of nitrogens with zero attached hydrogens (tertiary/aromatic N) is 2. The Morgan fingerprint density at radius 3 is 2.42 bits per heavy atom. The lowest BCUT2D eigenvalue weighted by molar-refractivity contribution is 0.611. The van der Waals surface area contributed by atoms with Crippen molar-refractivity contribution in [2.45, 2.75) is 33.7 Å². The van der Waals surface area contributed by atoms with Crippen molar-refractivity contribution in [1.29, 1.82) is 0 Å². The highest BCUT2D eigenvalue weighted by Crippen LogP contribution is 2.22. The Bertz CT molecular complexity index is 546. The Morgan fingerprint density at radius 2 is 1.84 bits per heavy atom. The minimum atomic E-state index is 0.109.